The van der Waals surface area contributed by atoms with E-state index in [1.165, 1.54) is 11.3 Å². The van der Waals surface area contributed by atoms with Crippen LogP contribution in [0, 0.1) is 6.92 Å². The first-order chi connectivity index (χ1) is 9.45. The molecule has 2 heterocycles. The molecule has 1 unspecified atom stereocenters. The third-order valence-corrected chi connectivity index (χ3v) is 5.93. The number of aliphatic hydroxyl groups is 1. The predicted octanol–water partition coefficient (Wildman–Crippen LogP) is 1.98. The molecule has 2 rings (SSSR count). The van der Waals surface area contributed by atoms with Crippen LogP contribution >= 0.6 is 11.3 Å². The second-order valence-electron chi connectivity index (χ2n) is 4.45. The first-order valence-corrected chi connectivity index (χ1v) is 8.42. The second-order valence-corrected chi connectivity index (χ2v) is 7.07. The molecule has 20 heavy (non-hydrogen) atoms. The van der Waals surface area contributed by atoms with E-state index in [1.807, 2.05) is 0 Å². The Labute approximate surface area is 122 Å². The van der Waals surface area contributed by atoms with Gasteiger partial charge >= 0.3 is 0 Å². The zero-order chi connectivity index (χ0) is 14.8. The van der Waals surface area contributed by atoms with E-state index >= 15 is 0 Å². The van der Waals surface area contributed by atoms with Gasteiger partial charge in [0.1, 0.15) is 4.90 Å². The van der Waals surface area contributed by atoms with E-state index in [-0.39, 0.29) is 17.5 Å². The molecular weight excluding hydrogens is 296 g/mol. The highest BCUT2D eigenvalue weighted by Gasteiger charge is 2.24. The van der Waals surface area contributed by atoms with Crippen molar-refractivity contribution in [2.45, 2.75) is 31.4 Å². The van der Waals surface area contributed by atoms with Crippen molar-refractivity contribution in [3.63, 3.8) is 0 Å². The highest BCUT2D eigenvalue weighted by atomic mass is 32.2. The third kappa shape index (κ3) is 3.06. The van der Waals surface area contributed by atoms with Gasteiger partial charge in [-0.15, -0.1) is 11.3 Å². The van der Waals surface area contributed by atoms with Crippen LogP contribution in [-0.2, 0) is 16.6 Å². The Balaban J connectivity index is 2.30. The minimum absolute atomic E-state index is 0.186. The largest absolute Gasteiger partial charge is 0.391 e. The molecule has 0 saturated carbocycles. The minimum atomic E-state index is -3.66. The van der Waals surface area contributed by atoms with Crippen molar-refractivity contribution in [1.29, 1.82) is 0 Å². The molecule has 0 radical (unpaired) electrons. The van der Waals surface area contributed by atoms with Gasteiger partial charge in [-0.2, -0.15) is 0 Å². The van der Waals surface area contributed by atoms with Crippen LogP contribution in [0.15, 0.2) is 34.8 Å². The molecule has 0 spiro atoms. The van der Waals surface area contributed by atoms with E-state index in [9.17, 15) is 13.5 Å². The average Bonchev–Trinajstić information content (AvgIpc) is 2.81. The van der Waals surface area contributed by atoms with Gasteiger partial charge in [-0.25, -0.2) is 13.1 Å². The normalized spacial score (nSPS) is 13.3. The van der Waals surface area contributed by atoms with Crippen molar-refractivity contribution in [1.82, 2.24) is 9.71 Å². The van der Waals surface area contributed by atoms with Crippen LogP contribution in [0.4, 0.5) is 0 Å². The zero-order valence-electron chi connectivity index (χ0n) is 11.2. The van der Waals surface area contributed by atoms with Gasteiger partial charge in [-0.1, -0.05) is 0 Å². The van der Waals surface area contributed by atoms with Crippen LogP contribution in [0.5, 0.6) is 0 Å². The molecule has 0 aliphatic heterocycles. The molecule has 0 saturated heterocycles. The van der Waals surface area contributed by atoms with Gasteiger partial charge in [-0.3, -0.25) is 4.98 Å². The number of hydrogen-bond donors (Lipinski definition) is 2. The number of sulfonamides is 1. The van der Waals surface area contributed by atoms with Crippen molar-refractivity contribution < 1.29 is 13.5 Å². The lowest BCUT2D eigenvalue weighted by Crippen LogP contribution is -2.27. The highest BCUT2D eigenvalue weighted by Crippen LogP contribution is 2.28. The molecule has 108 valence electrons. The summed E-state index contributed by atoms with van der Waals surface area (Å²) in [6, 6.07) is 3.16. The predicted molar refractivity (Wildman–Crippen MR) is 78.0 cm³/mol. The number of hydrogen-bond acceptors (Lipinski definition) is 5. The Morgan fingerprint density at radius 3 is 2.65 bits per heavy atom. The fraction of sp³-hybridized carbons (Fsp3) is 0.308. The number of aryl methyl sites for hydroxylation is 1. The first kappa shape index (κ1) is 15.1. The van der Waals surface area contributed by atoms with Gasteiger partial charge in [-0.05, 0) is 42.5 Å². The molecule has 0 aliphatic carbocycles. The Morgan fingerprint density at radius 2 is 2.05 bits per heavy atom. The fourth-order valence-corrected chi connectivity index (χ4v) is 4.86. The molecule has 0 aliphatic rings. The number of nitrogens with one attached hydrogen (secondary N) is 1. The fourth-order valence-electron chi connectivity index (χ4n) is 1.97. The first-order valence-electron chi connectivity index (χ1n) is 6.05. The number of aliphatic hydroxyl groups excluding tert-OH is 1. The lowest BCUT2D eigenvalue weighted by atomic mass is 10.1. The third-order valence-electron chi connectivity index (χ3n) is 2.94. The molecular formula is C13H16N2O3S2. The van der Waals surface area contributed by atoms with Gasteiger partial charge < -0.3 is 5.11 Å². The lowest BCUT2D eigenvalue weighted by molar-refractivity contribution is 0.282. The summed E-state index contributed by atoms with van der Waals surface area (Å²) in [5.41, 5.74) is 1.48. The lowest BCUT2D eigenvalue weighted by Gasteiger charge is -2.15. The summed E-state index contributed by atoms with van der Waals surface area (Å²) in [6.45, 7) is 3.22. The van der Waals surface area contributed by atoms with E-state index in [0.29, 0.717) is 10.4 Å². The van der Waals surface area contributed by atoms with Crippen molar-refractivity contribution in [2.24, 2.45) is 0 Å². The molecule has 5 nitrogen and oxygen atoms in total. The molecule has 1 atom stereocenters. The van der Waals surface area contributed by atoms with Gasteiger partial charge in [0, 0.05) is 18.4 Å². The SMILES string of the molecule is Cc1csc(CO)c1S(=O)(=O)NC(C)c1ccncc1. The Kier molecular flexibility index (Phi) is 4.54. The quantitative estimate of drug-likeness (QED) is 0.885. The average molecular weight is 312 g/mol. The van der Waals surface area contributed by atoms with E-state index in [2.05, 4.69) is 9.71 Å². The summed E-state index contributed by atoms with van der Waals surface area (Å²) in [4.78, 5) is 4.55. The summed E-state index contributed by atoms with van der Waals surface area (Å²) in [5.74, 6) is 0. The maximum absolute atomic E-state index is 12.4. The number of nitrogens with zero attached hydrogens (tertiary/aromatic N) is 1. The minimum Gasteiger partial charge on any atom is -0.391 e. The number of thiophene rings is 1. The summed E-state index contributed by atoms with van der Waals surface area (Å²) >= 11 is 1.25. The maximum Gasteiger partial charge on any atom is 0.242 e. The molecule has 2 aromatic rings. The summed E-state index contributed by atoms with van der Waals surface area (Å²) in [6.07, 6.45) is 3.24. The Hall–Kier alpha value is -1.28. The standard InChI is InChI=1S/C13H16N2O3S2/c1-9-8-19-12(7-16)13(9)20(17,18)15-10(2)11-3-5-14-6-4-11/h3-6,8,10,15-16H,7H2,1-2H3. The van der Waals surface area contributed by atoms with Crippen molar-refractivity contribution >= 4 is 21.4 Å². The molecule has 0 amide bonds. The smallest absolute Gasteiger partial charge is 0.242 e. The monoisotopic (exact) mass is 312 g/mol. The van der Waals surface area contributed by atoms with E-state index in [0.717, 1.165) is 5.56 Å². The van der Waals surface area contributed by atoms with Crippen molar-refractivity contribution in [3.8, 4) is 0 Å². The van der Waals surface area contributed by atoms with E-state index < -0.39 is 10.0 Å². The van der Waals surface area contributed by atoms with Crippen LogP contribution in [0.25, 0.3) is 0 Å². The van der Waals surface area contributed by atoms with Gasteiger partial charge in [0.25, 0.3) is 0 Å². The summed E-state index contributed by atoms with van der Waals surface area (Å²) in [5, 5.41) is 11.0. The van der Waals surface area contributed by atoms with E-state index in [1.54, 1.807) is 43.8 Å². The topological polar surface area (TPSA) is 79.3 Å². The number of aromatic nitrogens is 1. The van der Waals surface area contributed by atoms with Crippen molar-refractivity contribution in [2.75, 3.05) is 0 Å². The highest BCUT2D eigenvalue weighted by molar-refractivity contribution is 7.89. The van der Waals surface area contributed by atoms with Crippen molar-refractivity contribution in [3.05, 3.63) is 45.9 Å². The van der Waals surface area contributed by atoms with Gasteiger partial charge in [0.15, 0.2) is 0 Å². The van der Waals surface area contributed by atoms with Crippen LogP contribution in [0.2, 0.25) is 0 Å². The van der Waals surface area contributed by atoms with Crippen LogP contribution in [0.1, 0.15) is 29.0 Å². The Bertz CT molecular complexity index is 681. The Morgan fingerprint density at radius 1 is 1.40 bits per heavy atom. The second kappa shape index (κ2) is 6.01. The van der Waals surface area contributed by atoms with Crippen LogP contribution in [-0.4, -0.2) is 18.5 Å². The van der Waals surface area contributed by atoms with Crippen LogP contribution in [0.3, 0.4) is 0 Å². The molecule has 0 bridgehead atoms. The molecule has 7 heteroatoms. The summed E-state index contributed by atoms with van der Waals surface area (Å²) < 4.78 is 27.5. The molecule has 0 fully saturated rings. The molecule has 0 aromatic carbocycles. The van der Waals surface area contributed by atoms with Crippen LogP contribution < -0.4 is 4.72 Å². The zero-order valence-corrected chi connectivity index (χ0v) is 12.8. The molecule has 2 N–H and O–H groups in total. The van der Waals surface area contributed by atoms with Gasteiger partial charge in [0.2, 0.25) is 10.0 Å². The summed E-state index contributed by atoms with van der Waals surface area (Å²) in [7, 11) is -3.66. The number of pyridine rings is 1. The maximum atomic E-state index is 12.4. The molecule has 2 aromatic heterocycles. The number of rotatable bonds is 5. The van der Waals surface area contributed by atoms with E-state index in [4.69, 9.17) is 0 Å². The van der Waals surface area contributed by atoms with Gasteiger partial charge in [0.05, 0.1) is 11.5 Å².